The number of nitrogens with one attached hydrogen (secondary N) is 1. The van der Waals surface area contributed by atoms with Gasteiger partial charge >= 0.3 is 0 Å². The second kappa shape index (κ2) is 8.71. The van der Waals surface area contributed by atoms with E-state index in [0.29, 0.717) is 5.13 Å². The molecule has 2 heterocycles. The molecule has 7 nitrogen and oxygen atoms in total. The van der Waals surface area contributed by atoms with Crippen molar-refractivity contribution < 1.29 is 14.3 Å². The van der Waals surface area contributed by atoms with Crippen LogP contribution < -0.4 is 14.8 Å². The predicted octanol–water partition coefficient (Wildman–Crippen LogP) is 4.54. The van der Waals surface area contributed by atoms with Crippen LogP contribution in [0.2, 0.25) is 0 Å². The largest absolute Gasteiger partial charge is 0.497 e. The third-order valence-electron chi connectivity index (χ3n) is 4.36. The first kappa shape index (κ1) is 19.5. The van der Waals surface area contributed by atoms with Gasteiger partial charge in [0.1, 0.15) is 17.2 Å². The molecular formula is C22H18N4O3S. The van der Waals surface area contributed by atoms with E-state index < -0.39 is 0 Å². The fraction of sp³-hybridized carbons (Fsp3) is 0.0909. The molecule has 0 fully saturated rings. The molecule has 0 unspecified atom stereocenters. The van der Waals surface area contributed by atoms with Gasteiger partial charge in [-0.3, -0.25) is 15.1 Å². The summed E-state index contributed by atoms with van der Waals surface area (Å²) in [6.07, 6.45) is 4.41. The molecule has 1 amide bonds. The first-order valence-corrected chi connectivity index (χ1v) is 9.86. The highest BCUT2D eigenvalue weighted by atomic mass is 32.1. The highest BCUT2D eigenvalue weighted by Crippen LogP contribution is 2.40. The van der Waals surface area contributed by atoms with Crippen LogP contribution in [0.25, 0.3) is 21.7 Å². The second-order valence-electron chi connectivity index (χ2n) is 6.20. The maximum absolute atomic E-state index is 12.5. The minimum atomic E-state index is -0.362. The molecule has 150 valence electrons. The van der Waals surface area contributed by atoms with Crippen LogP contribution in [0.3, 0.4) is 0 Å². The highest BCUT2D eigenvalue weighted by Gasteiger charge is 2.18. The quantitative estimate of drug-likeness (QED) is 0.495. The SMILES string of the molecule is COc1ccc(-c2nc(NC(=O)c3cnccn3)sc2-c2ccc(OC)cc2)cc1. The Labute approximate surface area is 177 Å². The van der Waals surface area contributed by atoms with E-state index in [0.717, 1.165) is 33.2 Å². The maximum atomic E-state index is 12.5. The van der Waals surface area contributed by atoms with Crippen molar-refractivity contribution in [2.24, 2.45) is 0 Å². The molecule has 0 saturated carbocycles. The summed E-state index contributed by atoms with van der Waals surface area (Å²) < 4.78 is 10.5. The number of carbonyl (C=O) groups is 1. The Hall–Kier alpha value is -3.78. The predicted molar refractivity (Wildman–Crippen MR) is 116 cm³/mol. The van der Waals surface area contributed by atoms with Crippen LogP contribution in [0.4, 0.5) is 5.13 Å². The molecule has 0 aliphatic carbocycles. The molecule has 4 rings (SSSR count). The fourth-order valence-electron chi connectivity index (χ4n) is 2.83. The van der Waals surface area contributed by atoms with E-state index >= 15 is 0 Å². The number of methoxy groups -OCH3 is 2. The monoisotopic (exact) mass is 418 g/mol. The normalized spacial score (nSPS) is 10.5. The van der Waals surface area contributed by atoms with Crippen molar-refractivity contribution in [2.75, 3.05) is 19.5 Å². The minimum absolute atomic E-state index is 0.227. The third-order valence-corrected chi connectivity index (χ3v) is 5.38. The molecule has 0 aliphatic rings. The molecule has 0 aliphatic heterocycles. The number of amides is 1. The van der Waals surface area contributed by atoms with Gasteiger partial charge in [0.25, 0.3) is 5.91 Å². The van der Waals surface area contributed by atoms with Gasteiger partial charge in [-0.25, -0.2) is 9.97 Å². The summed E-state index contributed by atoms with van der Waals surface area (Å²) in [5, 5.41) is 3.29. The Balaban J connectivity index is 1.73. The molecule has 0 saturated heterocycles. The van der Waals surface area contributed by atoms with Crippen molar-refractivity contribution >= 4 is 22.4 Å². The Morgan fingerprint density at radius 2 is 1.53 bits per heavy atom. The number of rotatable bonds is 6. The summed E-state index contributed by atoms with van der Waals surface area (Å²) in [7, 11) is 3.26. The lowest BCUT2D eigenvalue weighted by molar-refractivity contribution is 0.102. The van der Waals surface area contributed by atoms with Gasteiger partial charge in [-0.1, -0.05) is 11.3 Å². The number of ether oxygens (including phenoxy) is 2. The standard InChI is InChI=1S/C22H18N4O3S/c1-28-16-7-3-14(4-8-16)19-20(15-5-9-17(29-2)10-6-15)30-22(25-19)26-21(27)18-13-23-11-12-24-18/h3-13H,1-2H3,(H,25,26,27). The first-order valence-electron chi connectivity index (χ1n) is 9.05. The summed E-state index contributed by atoms with van der Waals surface area (Å²) >= 11 is 1.39. The number of benzene rings is 2. The number of hydrogen-bond donors (Lipinski definition) is 1. The van der Waals surface area contributed by atoms with Crippen molar-refractivity contribution in [3.63, 3.8) is 0 Å². The topological polar surface area (TPSA) is 86.2 Å². The fourth-order valence-corrected chi connectivity index (χ4v) is 3.82. The van der Waals surface area contributed by atoms with Crippen LogP contribution in [0.15, 0.2) is 67.1 Å². The second-order valence-corrected chi connectivity index (χ2v) is 7.20. The van der Waals surface area contributed by atoms with Crippen LogP contribution in [0, 0.1) is 0 Å². The van der Waals surface area contributed by atoms with Gasteiger partial charge in [0.05, 0.1) is 31.0 Å². The first-order chi connectivity index (χ1) is 14.7. The minimum Gasteiger partial charge on any atom is -0.497 e. The molecule has 0 bridgehead atoms. The lowest BCUT2D eigenvalue weighted by Gasteiger charge is -2.05. The zero-order valence-corrected chi connectivity index (χ0v) is 17.1. The van der Waals surface area contributed by atoms with Gasteiger partial charge in [-0.05, 0) is 54.1 Å². The van der Waals surface area contributed by atoms with Crippen molar-refractivity contribution in [3.8, 4) is 33.2 Å². The van der Waals surface area contributed by atoms with E-state index in [1.165, 1.54) is 29.9 Å². The van der Waals surface area contributed by atoms with Crippen LogP contribution in [0.5, 0.6) is 11.5 Å². The number of carbonyl (C=O) groups excluding carboxylic acids is 1. The Morgan fingerprint density at radius 3 is 2.10 bits per heavy atom. The van der Waals surface area contributed by atoms with Gasteiger partial charge in [0.15, 0.2) is 5.13 Å². The van der Waals surface area contributed by atoms with Crippen LogP contribution in [-0.2, 0) is 0 Å². The van der Waals surface area contributed by atoms with E-state index in [1.807, 2.05) is 48.5 Å². The molecular weight excluding hydrogens is 400 g/mol. The number of thiazole rings is 1. The molecule has 2 aromatic carbocycles. The Morgan fingerprint density at radius 1 is 0.900 bits per heavy atom. The number of aromatic nitrogens is 3. The molecule has 30 heavy (non-hydrogen) atoms. The zero-order chi connectivity index (χ0) is 20.9. The maximum Gasteiger partial charge on any atom is 0.277 e. The van der Waals surface area contributed by atoms with Crippen LogP contribution in [-0.4, -0.2) is 35.1 Å². The molecule has 8 heteroatoms. The van der Waals surface area contributed by atoms with E-state index in [1.54, 1.807) is 14.2 Å². The third kappa shape index (κ3) is 4.13. The van der Waals surface area contributed by atoms with Gasteiger partial charge in [0.2, 0.25) is 0 Å². The van der Waals surface area contributed by atoms with E-state index in [2.05, 4.69) is 20.3 Å². The summed E-state index contributed by atoms with van der Waals surface area (Å²) in [4.78, 5) is 26.1. The van der Waals surface area contributed by atoms with Crippen molar-refractivity contribution in [3.05, 3.63) is 72.8 Å². The Kier molecular flexibility index (Phi) is 5.67. The van der Waals surface area contributed by atoms with E-state index in [4.69, 9.17) is 9.47 Å². The lowest BCUT2D eigenvalue weighted by Crippen LogP contribution is -2.13. The van der Waals surface area contributed by atoms with Gasteiger partial charge in [0, 0.05) is 18.0 Å². The van der Waals surface area contributed by atoms with E-state index in [-0.39, 0.29) is 11.6 Å². The number of nitrogens with zero attached hydrogens (tertiary/aromatic N) is 3. The zero-order valence-electron chi connectivity index (χ0n) is 16.3. The van der Waals surface area contributed by atoms with Crippen LogP contribution >= 0.6 is 11.3 Å². The molecule has 4 aromatic rings. The van der Waals surface area contributed by atoms with Crippen molar-refractivity contribution in [1.82, 2.24) is 15.0 Å². The van der Waals surface area contributed by atoms with E-state index in [9.17, 15) is 4.79 Å². The molecule has 0 spiro atoms. The van der Waals surface area contributed by atoms with Crippen molar-refractivity contribution in [1.29, 1.82) is 0 Å². The summed E-state index contributed by atoms with van der Waals surface area (Å²) in [5.41, 5.74) is 2.88. The van der Waals surface area contributed by atoms with Crippen molar-refractivity contribution in [2.45, 2.75) is 0 Å². The molecule has 1 N–H and O–H groups in total. The Bertz CT molecular complexity index is 1080. The van der Waals surface area contributed by atoms with Gasteiger partial charge in [-0.15, -0.1) is 0 Å². The molecule has 0 radical (unpaired) electrons. The van der Waals surface area contributed by atoms with Gasteiger partial charge < -0.3 is 9.47 Å². The number of anilines is 1. The molecule has 2 aromatic heterocycles. The summed E-state index contributed by atoms with van der Waals surface area (Å²) in [6, 6.07) is 15.4. The summed E-state index contributed by atoms with van der Waals surface area (Å²) in [5.74, 6) is 1.17. The average Bonchev–Trinajstić information content (AvgIpc) is 3.23. The highest BCUT2D eigenvalue weighted by molar-refractivity contribution is 7.19. The molecule has 0 atom stereocenters. The summed E-state index contributed by atoms with van der Waals surface area (Å²) in [6.45, 7) is 0. The lowest BCUT2D eigenvalue weighted by atomic mass is 10.1. The number of hydrogen-bond acceptors (Lipinski definition) is 7. The average molecular weight is 418 g/mol. The van der Waals surface area contributed by atoms with Gasteiger partial charge in [-0.2, -0.15) is 0 Å². The smallest absolute Gasteiger partial charge is 0.277 e. The van der Waals surface area contributed by atoms with Crippen LogP contribution in [0.1, 0.15) is 10.5 Å².